The highest BCUT2D eigenvalue weighted by Gasteiger charge is 2.71. The van der Waals surface area contributed by atoms with Crippen molar-refractivity contribution in [3.63, 3.8) is 0 Å². The molecule has 0 aromatic heterocycles. The topological polar surface area (TPSA) is 113 Å². The minimum Gasteiger partial charge on any atom is -0.369 e. The summed E-state index contributed by atoms with van der Waals surface area (Å²) in [4.78, 5) is 12.2. The van der Waals surface area contributed by atoms with Crippen molar-refractivity contribution in [2.24, 2.45) is 5.73 Å². The molecule has 1 atom stereocenters. The number of fused-ring (bicyclic) bond motifs is 1. The lowest BCUT2D eigenvalue weighted by Crippen LogP contribution is -2.54. The van der Waals surface area contributed by atoms with Crippen molar-refractivity contribution < 1.29 is 44.7 Å². The summed E-state index contributed by atoms with van der Waals surface area (Å²) in [7, 11) is -4.38. The van der Waals surface area contributed by atoms with Gasteiger partial charge in [0.15, 0.2) is 0 Å². The normalized spacial score (nSPS) is 17.1. The second-order valence-corrected chi connectivity index (χ2v) is 12.1. The SMILES string of the molecule is Cc1ccc(S(=O)(=O)N2c3ccc(C(O)(C(F)(F)F)C(F)(F)F)cc3CC[C@H]2CNC(=O)CC(C)(C)N)cc1. The Morgan fingerprint density at radius 2 is 1.62 bits per heavy atom. The first-order valence-corrected chi connectivity index (χ1v) is 13.3. The van der Waals surface area contributed by atoms with Crippen molar-refractivity contribution in [3.05, 3.63) is 59.2 Å². The van der Waals surface area contributed by atoms with Crippen LogP contribution in [-0.4, -0.2) is 49.9 Å². The molecule has 1 aliphatic rings. The van der Waals surface area contributed by atoms with E-state index >= 15 is 0 Å². The van der Waals surface area contributed by atoms with Crippen molar-refractivity contribution in [3.8, 4) is 0 Å². The van der Waals surface area contributed by atoms with E-state index in [9.17, 15) is 44.7 Å². The van der Waals surface area contributed by atoms with E-state index in [4.69, 9.17) is 5.73 Å². The number of amides is 1. The van der Waals surface area contributed by atoms with Crippen molar-refractivity contribution in [1.29, 1.82) is 0 Å². The number of sulfonamides is 1. The van der Waals surface area contributed by atoms with E-state index in [1.165, 1.54) is 24.3 Å². The van der Waals surface area contributed by atoms with E-state index in [-0.39, 0.29) is 42.0 Å². The third-order valence-corrected chi connectivity index (χ3v) is 8.24. The Bertz CT molecular complexity index is 1310. The molecule has 0 radical (unpaired) electrons. The van der Waals surface area contributed by atoms with Crippen molar-refractivity contribution in [1.82, 2.24) is 5.32 Å². The van der Waals surface area contributed by atoms with Crippen LogP contribution >= 0.6 is 0 Å². The lowest BCUT2D eigenvalue weighted by molar-refractivity contribution is -0.376. The minimum atomic E-state index is -6.09. The predicted octanol–water partition coefficient (Wildman–Crippen LogP) is 4.06. The van der Waals surface area contributed by atoms with Gasteiger partial charge in [-0.2, -0.15) is 26.3 Å². The lowest BCUT2D eigenvalue weighted by Gasteiger charge is -2.39. The predicted molar refractivity (Wildman–Crippen MR) is 131 cm³/mol. The van der Waals surface area contributed by atoms with E-state index in [1.54, 1.807) is 20.8 Å². The largest absolute Gasteiger partial charge is 0.430 e. The molecule has 39 heavy (non-hydrogen) atoms. The molecule has 1 amide bonds. The molecule has 0 unspecified atom stereocenters. The Morgan fingerprint density at radius 3 is 2.13 bits per heavy atom. The van der Waals surface area contributed by atoms with Crippen LogP contribution in [0.2, 0.25) is 0 Å². The average molecular weight is 582 g/mol. The summed E-state index contributed by atoms with van der Waals surface area (Å²) in [5.74, 6) is -0.461. The van der Waals surface area contributed by atoms with Gasteiger partial charge in [-0.1, -0.05) is 29.8 Å². The third-order valence-electron chi connectivity index (χ3n) is 6.36. The Kier molecular flexibility index (Phi) is 8.10. The van der Waals surface area contributed by atoms with Crippen LogP contribution in [0.25, 0.3) is 0 Å². The molecule has 0 fully saturated rings. The first-order chi connectivity index (χ1) is 17.7. The van der Waals surface area contributed by atoms with Crippen LogP contribution in [0.15, 0.2) is 47.4 Å². The number of nitrogens with zero attached hydrogens (tertiary/aromatic N) is 1. The zero-order valence-electron chi connectivity index (χ0n) is 21.3. The highest BCUT2D eigenvalue weighted by molar-refractivity contribution is 7.92. The maximum Gasteiger partial charge on any atom is 0.430 e. The van der Waals surface area contributed by atoms with Gasteiger partial charge in [-0.3, -0.25) is 9.10 Å². The highest BCUT2D eigenvalue weighted by atomic mass is 32.2. The average Bonchev–Trinajstić information content (AvgIpc) is 2.79. The van der Waals surface area contributed by atoms with Crippen LogP contribution in [0, 0.1) is 6.92 Å². The number of aryl methyl sites for hydroxylation is 2. The molecule has 0 aliphatic carbocycles. The number of alkyl halides is 6. The molecule has 7 nitrogen and oxygen atoms in total. The molecule has 0 saturated carbocycles. The van der Waals surface area contributed by atoms with Gasteiger partial charge in [0.2, 0.25) is 5.91 Å². The van der Waals surface area contributed by atoms with E-state index in [0.29, 0.717) is 12.1 Å². The fourth-order valence-corrected chi connectivity index (χ4v) is 6.11. The van der Waals surface area contributed by atoms with Gasteiger partial charge in [0, 0.05) is 24.1 Å². The number of nitrogens with two attached hydrogens (primary N) is 1. The van der Waals surface area contributed by atoms with Gasteiger partial charge in [0.1, 0.15) is 0 Å². The van der Waals surface area contributed by atoms with Gasteiger partial charge < -0.3 is 16.2 Å². The molecule has 216 valence electrons. The maximum absolute atomic E-state index is 13.7. The zero-order valence-corrected chi connectivity index (χ0v) is 22.1. The van der Waals surface area contributed by atoms with Crippen LogP contribution < -0.4 is 15.4 Å². The standard InChI is InChI=1S/C25H29F6N3O4S/c1-15-4-9-19(10-5-15)39(37,38)34-18(14-33-21(35)13-22(2,3)32)8-6-16-12-17(7-11-20(16)34)23(36,24(26,27)28)25(29,30)31/h4-5,7,9-12,18,36H,6,8,13-14,32H2,1-3H3,(H,33,35)/t18-/m0/s1. The van der Waals surface area contributed by atoms with Crippen molar-refractivity contribution in [2.75, 3.05) is 10.8 Å². The first kappa shape index (κ1) is 30.7. The fraction of sp³-hybridized carbons (Fsp3) is 0.480. The number of hydrogen-bond acceptors (Lipinski definition) is 5. The van der Waals surface area contributed by atoms with Crippen LogP contribution in [0.5, 0.6) is 0 Å². The summed E-state index contributed by atoms with van der Waals surface area (Å²) in [6, 6.07) is 6.56. The number of aliphatic hydroxyl groups is 1. The Balaban J connectivity index is 2.11. The molecule has 1 heterocycles. The van der Waals surface area contributed by atoms with E-state index < -0.39 is 51.0 Å². The number of benzene rings is 2. The zero-order chi connectivity index (χ0) is 29.6. The number of anilines is 1. The number of carbonyl (C=O) groups is 1. The second kappa shape index (κ2) is 10.3. The molecular formula is C25H29F6N3O4S. The van der Waals surface area contributed by atoms with Gasteiger partial charge in [0.05, 0.1) is 16.6 Å². The molecular weight excluding hydrogens is 552 g/mol. The molecule has 3 rings (SSSR count). The second-order valence-electron chi connectivity index (χ2n) is 10.3. The van der Waals surface area contributed by atoms with Gasteiger partial charge >= 0.3 is 12.4 Å². The van der Waals surface area contributed by atoms with E-state index in [1.807, 2.05) is 0 Å². The summed E-state index contributed by atoms with van der Waals surface area (Å²) < 4.78 is 109. The monoisotopic (exact) mass is 581 g/mol. The molecule has 4 N–H and O–H groups in total. The van der Waals surface area contributed by atoms with Crippen LogP contribution in [0.3, 0.4) is 0 Å². The Labute approximate surface area is 222 Å². The smallest absolute Gasteiger partial charge is 0.369 e. The maximum atomic E-state index is 13.7. The minimum absolute atomic E-state index is 0.0374. The Morgan fingerprint density at radius 1 is 1.05 bits per heavy atom. The highest BCUT2D eigenvalue weighted by Crippen LogP contribution is 2.51. The molecule has 2 aromatic rings. The van der Waals surface area contributed by atoms with Gasteiger partial charge in [0.25, 0.3) is 15.6 Å². The molecule has 0 bridgehead atoms. The van der Waals surface area contributed by atoms with E-state index in [2.05, 4.69) is 5.32 Å². The summed E-state index contributed by atoms with van der Waals surface area (Å²) in [5, 5.41) is 12.5. The molecule has 2 aromatic carbocycles. The molecule has 14 heteroatoms. The number of hydrogen-bond donors (Lipinski definition) is 3. The third kappa shape index (κ3) is 6.17. The number of halogens is 6. The van der Waals surface area contributed by atoms with Crippen LogP contribution in [0.4, 0.5) is 32.0 Å². The van der Waals surface area contributed by atoms with Gasteiger partial charge in [-0.05, 0) is 57.4 Å². The quantitative estimate of drug-likeness (QED) is 0.427. The summed E-state index contributed by atoms with van der Waals surface area (Å²) in [6.45, 7) is 4.79. The summed E-state index contributed by atoms with van der Waals surface area (Å²) >= 11 is 0. The first-order valence-electron chi connectivity index (χ1n) is 11.8. The molecule has 0 spiro atoms. The van der Waals surface area contributed by atoms with Gasteiger partial charge in [-0.25, -0.2) is 8.42 Å². The Hall–Kier alpha value is -2.84. The number of carbonyl (C=O) groups excluding carboxylic acids is 1. The summed E-state index contributed by atoms with van der Waals surface area (Å²) in [6.07, 6.45) is -12.4. The van der Waals surface area contributed by atoms with Crippen LogP contribution in [-0.2, 0) is 26.8 Å². The lowest BCUT2D eigenvalue weighted by atomic mass is 9.88. The number of rotatable bonds is 7. The van der Waals surface area contributed by atoms with Gasteiger partial charge in [-0.15, -0.1) is 0 Å². The summed E-state index contributed by atoms with van der Waals surface area (Å²) in [5.41, 5.74) is -1.17. The van der Waals surface area contributed by atoms with E-state index in [0.717, 1.165) is 15.9 Å². The van der Waals surface area contributed by atoms with Crippen LogP contribution in [0.1, 0.15) is 43.4 Å². The van der Waals surface area contributed by atoms with Crippen molar-refractivity contribution >= 4 is 21.6 Å². The van der Waals surface area contributed by atoms with Crippen molar-refractivity contribution in [2.45, 2.75) is 74.5 Å². The fourth-order valence-electron chi connectivity index (χ4n) is 4.39. The number of nitrogens with one attached hydrogen (secondary N) is 1. The molecule has 1 aliphatic heterocycles. The molecule has 0 saturated heterocycles.